The average Bonchev–Trinajstić information content (AvgIpc) is 1.37. The Bertz CT molecular complexity index is 4130. The molecule has 14 nitrogen and oxygen atoms in total. The number of ether oxygens (including phenoxy) is 6. The molecule has 12 saturated carbocycles. The molecule has 15 heteroatoms. The van der Waals surface area contributed by atoms with Gasteiger partial charge in [0, 0.05) is 145 Å². The minimum Gasteiger partial charge on any atom is -0.870 e. The van der Waals surface area contributed by atoms with Gasteiger partial charge in [-0.3, -0.25) is 14.7 Å². The van der Waals surface area contributed by atoms with Crippen molar-refractivity contribution >= 4 is 6.29 Å². The standard InChI is InChI=1S/C33H42N2O2.C32H40N2O3.C26H33NO3.6CH4.K.H2O/c1-22-9-12-25-17-26-31-13-14-33(36-3,30(2,20-31)21-34-18-23-7-5-4-6-8-23)29-32(31,27(25)28(22)37-29)15-16-35(26)19-24-10-11-24;1-29(20-33-17-21-6-4-3-5-7-21)19-30-12-13-32(29,36-2)28-31(30)14-15-34(18-22-8-9-22)25(30)16-23-10-11-24(35)27(37-28)26(23)31;1-16-4-7-18-12-19-24-8-9-26(29-3,23(2,14-24)15-28)22-25(24,20(18)21(16)30-22)10-11-27(19)13-17-5-6-17;;;;;;;;/h4-9,12,24,26,29,34H,10-11,13-21H2,1-3H3;3-7,10-11,22,25,28,33,35H,8-9,12-20H2,1-2H3;4,7,15,17,19,22H,5-6,8-14H2,1-3H3;6*1H4;;1H2/q;;;;;;;;;+1;/p-1/t26-,29-,30-,31?,32+,33+;25-,28-,29-,30?,31+,32+;19-,22-,23-,24?,25+,26+;;;;;;;;/m111......../s1. The number of phenolic OH excluding ortho intramolecular Hbond substituents is 1. The van der Waals surface area contributed by atoms with Crippen LogP contribution in [0.25, 0.3) is 0 Å². The van der Waals surface area contributed by atoms with E-state index in [2.05, 4.69) is 151 Å². The van der Waals surface area contributed by atoms with Crippen molar-refractivity contribution in [3.63, 3.8) is 0 Å². The molecule has 15 aliphatic carbocycles. The number of benzene rings is 5. The van der Waals surface area contributed by atoms with Gasteiger partial charge in [-0.25, -0.2) is 0 Å². The number of methoxy groups -OCH3 is 3. The van der Waals surface area contributed by atoms with Crippen LogP contribution >= 0.6 is 0 Å². The van der Waals surface area contributed by atoms with Crippen molar-refractivity contribution in [2.45, 2.75) is 297 Å². The molecule has 18 atom stereocenters. The van der Waals surface area contributed by atoms with Gasteiger partial charge in [-0.05, 0) is 238 Å². The third-order valence-corrected chi connectivity index (χ3v) is 34.5. The molecule has 26 rings (SSSR count). The van der Waals surface area contributed by atoms with Gasteiger partial charge in [0.05, 0.1) is 5.41 Å². The van der Waals surface area contributed by atoms with E-state index in [0.29, 0.717) is 23.9 Å². The number of hydrogen-bond donors (Lipinski definition) is 3. The van der Waals surface area contributed by atoms with Gasteiger partial charge in [-0.2, -0.15) is 0 Å². The number of nitrogens with one attached hydrogen (secondary N) is 2. The van der Waals surface area contributed by atoms with Gasteiger partial charge in [-0.1, -0.05) is 149 Å². The quantitative estimate of drug-likeness (QED) is 0.0562. The number of piperidine rings is 3. The summed E-state index contributed by atoms with van der Waals surface area (Å²) in [6.45, 7) is 22.5. The molecule has 3 saturated heterocycles. The van der Waals surface area contributed by atoms with Crippen LogP contribution in [-0.4, -0.2) is 158 Å². The van der Waals surface area contributed by atoms with E-state index in [1.165, 1.54) is 153 Å². The molecule has 4 N–H and O–H groups in total. The van der Waals surface area contributed by atoms with E-state index < -0.39 is 11.0 Å². The second kappa shape index (κ2) is 29.6. The predicted molar refractivity (Wildman–Crippen MR) is 445 cm³/mol. The van der Waals surface area contributed by atoms with E-state index in [4.69, 9.17) is 28.4 Å². The Morgan fingerprint density at radius 3 is 1.16 bits per heavy atom. The van der Waals surface area contributed by atoms with Gasteiger partial charge in [0.25, 0.3) is 0 Å². The summed E-state index contributed by atoms with van der Waals surface area (Å²) in [5.41, 5.74) is 13.0. The van der Waals surface area contributed by atoms with Crippen LogP contribution in [0.15, 0.2) is 97.1 Å². The summed E-state index contributed by atoms with van der Waals surface area (Å²) in [6.07, 6.45) is 26.6. The molecule has 21 aliphatic rings. The van der Waals surface area contributed by atoms with Gasteiger partial charge < -0.3 is 54.4 Å². The molecule has 5 aromatic rings. The predicted octanol–water partition coefficient (Wildman–Crippen LogP) is 14.6. The van der Waals surface area contributed by atoms with Crippen LogP contribution < -0.4 is 76.2 Å². The summed E-state index contributed by atoms with van der Waals surface area (Å²) in [6, 6.07) is 36.7. The van der Waals surface area contributed by atoms with E-state index in [0.717, 1.165) is 133 Å². The molecule has 3 unspecified atom stereocenters. The maximum atomic E-state index is 12.7. The Balaban J connectivity index is 0.000000143. The number of fused-ring (bicyclic) bond motifs is 6. The number of carbonyl (C=O) groups is 1. The number of nitrogens with zero attached hydrogens (tertiary/aromatic N) is 3. The van der Waals surface area contributed by atoms with Gasteiger partial charge in [0.1, 0.15) is 52.9 Å². The van der Waals surface area contributed by atoms with Crippen LogP contribution in [-0.2, 0) is 67.6 Å². The van der Waals surface area contributed by atoms with Crippen molar-refractivity contribution < 1.29 is 95.2 Å². The molecule has 12 bridgehead atoms. The molecule has 6 aliphatic heterocycles. The zero-order valence-electron chi connectivity index (χ0n) is 65.0. The smallest absolute Gasteiger partial charge is 0.870 e. The Kier molecular flexibility index (Phi) is 22.8. The summed E-state index contributed by atoms with van der Waals surface area (Å²) in [5, 5.41) is 18.8. The molecule has 0 radical (unpaired) electrons. The van der Waals surface area contributed by atoms with Crippen molar-refractivity contribution in [1.29, 1.82) is 0 Å². The second-order valence-corrected chi connectivity index (χ2v) is 38.7. The Labute approximate surface area is 716 Å². The molecule has 608 valence electrons. The summed E-state index contributed by atoms with van der Waals surface area (Å²) < 4.78 is 41.1. The van der Waals surface area contributed by atoms with Gasteiger partial charge in [0.2, 0.25) is 0 Å². The average molecular weight is 1560 g/mol. The van der Waals surface area contributed by atoms with Crippen molar-refractivity contribution in [2.24, 2.45) is 50.2 Å². The molecular formula is C97H140KN5O9. The fourth-order valence-corrected chi connectivity index (χ4v) is 29.8. The monoisotopic (exact) mass is 1560 g/mol. The Morgan fingerprint density at radius 1 is 0.455 bits per heavy atom. The molecule has 0 amide bonds. The van der Waals surface area contributed by atoms with Gasteiger partial charge >= 0.3 is 51.4 Å². The van der Waals surface area contributed by atoms with Crippen LogP contribution in [0.1, 0.15) is 237 Å². The van der Waals surface area contributed by atoms with Crippen LogP contribution in [0, 0.1) is 64.1 Å². The van der Waals surface area contributed by atoms with Crippen LogP contribution in [0.3, 0.4) is 0 Å². The number of aromatic hydroxyl groups is 1. The molecule has 6 spiro atoms. The van der Waals surface area contributed by atoms with Gasteiger partial charge in [-0.15, -0.1) is 0 Å². The molecule has 15 fully saturated rings. The minimum atomic E-state index is -0.528. The molecule has 112 heavy (non-hydrogen) atoms. The number of aryl methyl sites for hydroxylation is 2. The van der Waals surface area contributed by atoms with Crippen LogP contribution in [0.4, 0.5) is 0 Å². The van der Waals surface area contributed by atoms with E-state index >= 15 is 0 Å². The summed E-state index contributed by atoms with van der Waals surface area (Å²) in [5.74, 6) is 6.13. The number of aldehydes is 1. The third kappa shape index (κ3) is 10.9. The fourth-order valence-electron chi connectivity index (χ4n) is 29.8. The first-order valence-electron chi connectivity index (χ1n) is 41.3. The molecule has 0 aromatic heterocycles. The first-order valence-corrected chi connectivity index (χ1v) is 41.3. The first kappa shape index (κ1) is 86.1. The van der Waals surface area contributed by atoms with Gasteiger partial charge in [0.15, 0.2) is 11.5 Å². The number of rotatable bonds is 18. The molecule has 5 aromatic carbocycles. The topological polar surface area (TPSA) is 156 Å². The van der Waals surface area contributed by atoms with Crippen molar-refractivity contribution in [3.05, 3.63) is 153 Å². The van der Waals surface area contributed by atoms with E-state index in [1.807, 2.05) is 27.4 Å². The van der Waals surface area contributed by atoms with E-state index in [-0.39, 0.29) is 174 Å². The minimum absolute atomic E-state index is 0. The number of likely N-dealkylation sites (tertiary alicyclic amines) is 3. The number of phenols is 1. The summed E-state index contributed by atoms with van der Waals surface area (Å²) in [4.78, 5) is 21.3. The molecular weight excluding hydrogens is 1420 g/mol. The van der Waals surface area contributed by atoms with E-state index in [9.17, 15) is 9.90 Å². The summed E-state index contributed by atoms with van der Waals surface area (Å²) in [7, 11) is 5.71. The van der Waals surface area contributed by atoms with Crippen LogP contribution in [0.5, 0.6) is 23.0 Å². The maximum Gasteiger partial charge on any atom is 1.00 e. The van der Waals surface area contributed by atoms with Crippen molar-refractivity contribution in [1.82, 2.24) is 25.3 Å². The number of carbonyl (C=O) groups excluding carboxylic acids is 1. The normalized spacial score (nSPS) is 39.8. The zero-order valence-corrected chi connectivity index (χ0v) is 68.1. The molecule has 6 heterocycles. The van der Waals surface area contributed by atoms with Crippen molar-refractivity contribution in [3.8, 4) is 23.0 Å². The summed E-state index contributed by atoms with van der Waals surface area (Å²) >= 11 is 0. The fraction of sp³-hybridized carbons (Fsp3) is 0.680. The number of hydrogen-bond acceptors (Lipinski definition) is 14. The largest absolute Gasteiger partial charge is 1.00 e. The van der Waals surface area contributed by atoms with E-state index in [1.54, 1.807) is 11.1 Å². The Morgan fingerprint density at radius 2 is 0.795 bits per heavy atom. The first-order chi connectivity index (χ1) is 50.4. The maximum absolute atomic E-state index is 12.7. The Hall–Kier alpha value is -3.75. The third-order valence-electron chi connectivity index (χ3n) is 34.5. The second-order valence-electron chi connectivity index (χ2n) is 38.7. The van der Waals surface area contributed by atoms with Crippen molar-refractivity contribution in [2.75, 3.05) is 73.7 Å². The SMILES string of the molecule is C.C.C.C.C.C.CO[C@]12CCC3(C[C@]1(C)C=O)[C@H]1Cc4ccc(C)c5c4[C@@]3(CCN1CC1CC1)[C@H]2O5.CO[C@]12CCC3(C[C@]1(C)CNCc1ccccc1)[C@H]1Cc4ccc(C)c5c4[C@@]3(CCN1CC1CC1)[C@H]2O5.CO[C@]12CCC3(C[C@]1(C)CNCc1ccccc1)[C@H]1Cc4ccc(O)c5c4[C@@]3(CCN1CC1CC1)[C@H]2O5.[K+].[OH-]. The van der Waals surface area contributed by atoms with Crippen LogP contribution in [0.2, 0.25) is 0 Å². The zero-order chi connectivity index (χ0) is 70.6.